The van der Waals surface area contributed by atoms with Crippen molar-refractivity contribution >= 4 is 27.7 Å². The summed E-state index contributed by atoms with van der Waals surface area (Å²) >= 11 is 3.58. The quantitative estimate of drug-likeness (QED) is 0.741. The highest BCUT2D eigenvalue weighted by Gasteiger charge is 2.40. The number of esters is 1. The number of rotatable bonds is 2. The minimum absolute atomic E-state index is 0.0576. The SMILES string of the molecule is COC(=O)C1=C(C)NC2=C(C(=O)CCC2)[C@H]1c1cc2c(cc1Br)OCO2. The maximum absolute atomic E-state index is 12.8. The van der Waals surface area contributed by atoms with Gasteiger partial charge in [-0.3, -0.25) is 4.79 Å². The number of allylic oxidation sites excluding steroid dienone is 3. The summed E-state index contributed by atoms with van der Waals surface area (Å²) in [6.07, 6.45) is 2.07. The van der Waals surface area contributed by atoms with Crippen molar-refractivity contribution in [3.8, 4) is 11.5 Å². The number of halogens is 1. The van der Waals surface area contributed by atoms with Crippen molar-refractivity contribution in [2.45, 2.75) is 32.1 Å². The van der Waals surface area contributed by atoms with Gasteiger partial charge in [0.25, 0.3) is 0 Å². The first-order chi connectivity index (χ1) is 12.5. The molecule has 1 aliphatic carbocycles. The highest BCUT2D eigenvalue weighted by molar-refractivity contribution is 9.10. The van der Waals surface area contributed by atoms with Crippen LogP contribution in [0.3, 0.4) is 0 Å². The Balaban J connectivity index is 1.93. The minimum atomic E-state index is -0.504. The Bertz CT molecular complexity index is 886. The third-order valence-electron chi connectivity index (χ3n) is 4.98. The van der Waals surface area contributed by atoms with Crippen LogP contribution < -0.4 is 14.8 Å². The number of methoxy groups -OCH3 is 1. The van der Waals surface area contributed by atoms with Gasteiger partial charge >= 0.3 is 5.97 Å². The summed E-state index contributed by atoms with van der Waals surface area (Å²) in [5, 5.41) is 3.25. The van der Waals surface area contributed by atoms with Gasteiger partial charge in [0.1, 0.15) is 0 Å². The third-order valence-corrected chi connectivity index (χ3v) is 5.67. The van der Waals surface area contributed by atoms with Crippen LogP contribution >= 0.6 is 15.9 Å². The highest BCUT2D eigenvalue weighted by Crippen LogP contribution is 2.47. The lowest BCUT2D eigenvalue weighted by atomic mass is 9.75. The second-order valence-electron chi connectivity index (χ2n) is 6.48. The number of fused-ring (bicyclic) bond motifs is 1. The summed E-state index contributed by atoms with van der Waals surface area (Å²) in [6, 6.07) is 3.66. The largest absolute Gasteiger partial charge is 0.466 e. The summed E-state index contributed by atoms with van der Waals surface area (Å²) in [4.78, 5) is 25.3. The van der Waals surface area contributed by atoms with Crippen molar-refractivity contribution in [2.75, 3.05) is 13.9 Å². The number of dihydropyridines is 1. The van der Waals surface area contributed by atoms with Gasteiger partial charge < -0.3 is 19.5 Å². The van der Waals surface area contributed by atoms with Gasteiger partial charge in [0.2, 0.25) is 6.79 Å². The number of nitrogens with one attached hydrogen (secondary N) is 1. The van der Waals surface area contributed by atoms with Crippen LogP contribution in [-0.2, 0) is 14.3 Å². The predicted octanol–water partition coefficient (Wildman–Crippen LogP) is 3.32. The van der Waals surface area contributed by atoms with E-state index in [1.165, 1.54) is 7.11 Å². The average Bonchev–Trinajstić information content (AvgIpc) is 3.06. The van der Waals surface area contributed by atoms with Gasteiger partial charge in [0.05, 0.1) is 12.7 Å². The van der Waals surface area contributed by atoms with E-state index in [2.05, 4.69) is 21.2 Å². The Morgan fingerprint density at radius 1 is 1.27 bits per heavy atom. The zero-order valence-electron chi connectivity index (χ0n) is 14.5. The van der Waals surface area contributed by atoms with Crippen molar-refractivity contribution in [1.82, 2.24) is 5.32 Å². The normalized spacial score (nSPS) is 21.5. The van der Waals surface area contributed by atoms with E-state index in [0.29, 0.717) is 34.8 Å². The molecule has 0 saturated heterocycles. The summed E-state index contributed by atoms with van der Waals surface area (Å²) in [7, 11) is 1.35. The fourth-order valence-electron chi connectivity index (χ4n) is 3.83. The number of carbonyl (C=O) groups is 2. The molecule has 136 valence electrons. The first kappa shape index (κ1) is 17.1. The lowest BCUT2D eigenvalue weighted by Gasteiger charge is -2.34. The number of hydrogen-bond donors (Lipinski definition) is 1. The third kappa shape index (κ3) is 2.61. The van der Waals surface area contributed by atoms with Crippen LogP contribution in [0.2, 0.25) is 0 Å². The van der Waals surface area contributed by atoms with Crippen molar-refractivity contribution in [1.29, 1.82) is 0 Å². The van der Waals surface area contributed by atoms with Gasteiger partial charge in [-0.1, -0.05) is 15.9 Å². The molecular formula is C19H18BrNO5. The lowest BCUT2D eigenvalue weighted by Crippen LogP contribution is -2.34. The molecule has 2 heterocycles. The number of ketones is 1. The molecular weight excluding hydrogens is 402 g/mol. The standard InChI is InChI=1S/C19H18BrNO5/c1-9-16(19(23)24-2)17(18-12(21-9)4-3-5-13(18)22)10-6-14-15(7-11(10)20)26-8-25-14/h6-7,17,21H,3-5,8H2,1-2H3/t17-/m0/s1. The monoisotopic (exact) mass is 419 g/mol. The Morgan fingerprint density at radius 2 is 2.00 bits per heavy atom. The van der Waals surface area contributed by atoms with Gasteiger partial charge in [0.15, 0.2) is 17.3 Å². The second kappa shape index (κ2) is 6.46. The van der Waals surface area contributed by atoms with Crippen LogP contribution in [0.5, 0.6) is 11.5 Å². The number of hydrogen-bond acceptors (Lipinski definition) is 6. The molecule has 7 heteroatoms. The van der Waals surface area contributed by atoms with E-state index in [1.54, 1.807) is 0 Å². The van der Waals surface area contributed by atoms with E-state index < -0.39 is 11.9 Å². The topological polar surface area (TPSA) is 73.9 Å². The Morgan fingerprint density at radius 3 is 2.73 bits per heavy atom. The second-order valence-corrected chi connectivity index (χ2v) is 7.34. The molecule has 3 aliphatic rings. The molecule has 0 aromatic heterocycles. The van der Waals surface area contributed by atoms with Crippen LogP contribution in [0.1, 0.15) is 37.7 Å². The molecule has 4 rings (SSSR count). The van der Waals surface area contributed by atoms with E-state index in [-0.39, 0.29) is 12.6 Å². The van der Waals surface area contributed by atoms with Gasteiger partial charge in [-0.2, -0.15) is 0 Å². The van der Waals surface area contributed by atoms with E-state index in [0.717, 1.165) is 28.6 Å². The molecule has 0 spiro atoms. The first-order valence-corrected chi connectivity index (χ1v) is 9.22. The average molecular weight is 420 g/mol. The minimum Gasteiger partial charge on any atom is -0.466 e. The lowest BCUT2D eigenvalue weighted by molar-refractivity contribution is -0.136. The molecule has 1 aromatic carbocycles. The fraction of sp³-hybridized carbons (Fsp3) is 0.368. The molecule has 26 heavy (non-hydrogen) atoms. The van der Waals surface area contributed by atoms with Crippen LogP contribution in [0.4, 0.5) is 0 Å². The van der Waals surface area contributed by atoms with E-state index in [9.17, 15) is 9.59 Å². The molecule has 6 nitrogen and oxygen atoms in total. The van der Waals surface area contributed by atoms with Crippen LogP contribution in [0.15, 0.2) is 39.1 Å². The zero-order valence-corrected chi connectivity index (χ0v) is 16.1. The highest BCUT2D eigenvalue weighted by atomic mass is 79.9. The van der Waals surface area contributed by atoms with Crippen LogP contribution in [-0.4, -0.2) is 25.7 Å². The summed E-state index contributed by atoms with van der Waals surface area (Å²) in [5.74, 6) is 0.347. The molecule has 1 atom stereocenters. The number of carbonyl (C=O) groups excluding carboxylic acids is 2. The molecule has 1 N–H and O–H groups in total. The number of ether oxygens (including phenoxy) is 3. The van der Waals surface area contributed by atoms with Crippen LogP contribution in [0.25, 0.3) is 0 Å². The Hall–Kier alpha value is -2.28. The first-order valence-electron chi connectivity index (χ1n) is 8.42. The van der Waals surface area contributed by atoms with Gasteiger partial charge in [-0.15, -0.1) is 0 Å². The molecule has 1 aromatic rings. The Labute approximate surface area is 159 Å². The van der Waals surface area contributed by atoms with E-state index in [1.807, 2.05) is 19.1 Å². The number of benzene rings is 1. The zero-order chi connectivity index (χ0) is 18.4. The van der Waals surface area contributed by atoms with E-state index in [4.69, 9.17) is 14.2 Å². The maximum atomic E-state index is 12.8. The molecule has 0 fully saturated rings. The van der Waals surface area contributed by atoms with Gasteiger partial charge in [0, 0.05) is 33.8 Å². The van der Waals surface area contributed by atoms with Gasteiger partial charge in [-0.05, 0) is 37.5 Å². The van der Waals surface area contributed by atoms with E-state index >= 15 is 0 Å². The predicted molar refractivity (Wildman–Crippen MR) is 96.7 cm³/mol. The summed E-state index contributed by atoms with van der Waals surface area (Å²) < 4.78 is 16.7. The molecule has 0 bridgehead atoms. The van der Waals surface area contributed by atoms with Crippen LogP contribution in [0, 0.1) is 0 Å². The van der Waals surface area contributed by atoms with Crippen molar-refractivity contribution in [3.63, 3.8) is 0 Å². The maximum Gasteiger partial charge on any atom is 0.336 e. The number of Topliss-reactive ketones (excluding diaryl/α,β-unsaturated/α-hetero) is 1. The molecule has 0 radical (unpaired) electrons. The molecule has 0 amide bonds. The molecule has 2 aliphatic heterocycles. The molecule has 0 unspecified atom stereocenters. The fourth-order valence-corrected chi connectivity index (χ4v) is 4.38. The Kier molecular flexibility index (Phi) is 4.26. The van der Waals surface area contributed by atoms with Crippen molar-refractivity contribution in [3.05, 3.63) is 44.7 Å². The van der Waals surface area contributed by atoms with Crippen molar-refractivity contribution in [2.24, 2.45) is 0 Å². The van der Waals surface area contributed by atoms with Crippen molar-refractivity contribution < 1.29 is 23.8 Å². The summed E-state index contributed by atoms with van der Waals surface area (Å²) in [6.45, 7) is 1.99. The smallest absolute Gasteiger partial charge is 0.336 e. The van der Waals surface area contributed by atoms with Gasteiger partial charge in [-0.25, -0.2) is 4.79 Å². The summed E-state index contributed by atoms with van der Waals surface area (Å²) in [5.41, 5.74) is 3.47. The molecule has 0 saturated carbocycles.